The first kappa shape index (κ1) is 15.1. The first-order valence-electron chi connectivity index (χ1n) is 7.08. The Hall–Kier alpha value is -2.29. The highest BCUT2D eigenvalue weighted by Gasteiger charge is 2.17. The third-order valence-corrected chi connectivity index (χ3v) is 3.55. The highest BCUT2D eigenvalue weighted by molar-refractivity contribution is 6.13. The monoisotopic (exact) mass is 283 g/mol. The Bertz CT molecular complexity index is 675. The van der Waals surface area contributed by atoms with Crippen LogP contribution in [0.15, 0.2) is 36.4 Å². The summed E-state index contributed by atoms with van der Waals surface area (Å²) in [6, 6.07) is 10.8. The van der Waals surface area contributed by atoms with Gasteiger partial charge in [-0.25, -0.2) is 0 Å². The second-order valence-electron chi connectivity index (χ2n) is 5.44. The van der Waals surface area contributed by atoms with Crippen LogP contribution in [0.5, 0.6) is 5.75 Å². The van der Waals surface area contributed by atoms with Gasteiger partial charge < -0.3 is 10.5 Å². The molecule has 3 nitrogen and oxygen atoms in total. The van der Waals surface area contributed by atoms with E-state index >= 15 is 0 Å². The Balaban J connectivity index is 2.44. The van der Waals surface area contributed by atoms with Crippen molar-refractivity contribution in [2.75, 3.05) is 5.73 Å². The summed E-state index contributed by atoms with van der Waals surface area (Å²) in [5.41, 5.74) is 9.53. The topological polar surface area (TPSA) is 52.3 Å². The minimum Gasteiger partial charge on any atom is -0.491 e. The number of anilines is 1. The van der Waals surface area contributed by atoms with Crippen molar-refractivity contribution in [2.45, 2.75) is 33.8 Å². The second-order valence-corrected chi connectivity index (χ2v) is 5.44. The molecule has 0 amide bonds. The van der Waals surface area contributed by atoms with Crippen LogP contribution >= 0.6 is 0 Å². The lowest BCUT2D eigenvalue weighted by molar-refractivity contribution is 0.103. The van der Waals surface area contributed by atoms with E-state index in [9.17, 15) is 4.79 Å². The maximum absolute atomic E-state index is 12.7. The molecule has 0 heterocycles. The highest BCUT2D eigenvalue weighted by atomic mass is 16.5. The van der Waals surface area contributed by atoms with E-state index in [-0.39, 0.29) is 11.9 Å². The minimum atomic E-state index is -0.0511. The zero-order valence-corrected chi connectivity index (χ0v) is 12.9. The van der Waals surface area contributed by atoms with Crippen molar-refractivity contribution in [1.82, 2.24) is 0 Å². The second kappa shape index (κ2) is 6.00. The third-order valence-electron chi connectivity index (χ3n) is 3.55. The molecule has 0 radical (unpaired) electrons. The lowest BCUT2D eigenvalue weighted by Crippen LogP contribution is -2.11. The summed E-state index contributed by atoms with van der Waals surface area (Å²) in [5, 5.41) is 0. The Morgan fingerprint density at radius 1 is 1.00 bits per heavy atom. The fourth-order valence-electron chi connectivity index (χ4n) is 2.27. The zero-order valence-electron chi connectivity index (χ0n) is 12.9. The van der Waals surface area contributed by atoms with Crippen LogP contribution in [0.4, 0.5) is 5.69 Å². The number of nitrogen functional groups attached to an aromatic ring is 1. The average molecular weight is 283 g/mol. The standard InChI is InChI=1S/C18H21NO2/c1-11(2)21-17-10-9-14(12(3)13(17)4)18(20)15-7-5-6-8-16(15)19/h5-11H,19H2,1-4H3. The summed E-state index contributed by atoms with van der Waals surface area (Å²) in [6.07, 6.45) is 0.106. The predicted molar refractivity (Wildman–Crippen MR) is 86.0 cm³/mol. The molecule has 110 valence electrons. The highest BCUT2D eigenvalue weighted by Crippen LogP contribution is 2.27. The molecule has 2 N–H and O–H groups in total. The van der Waals surface area contributed by atoms with Crippen molar-refractivity contribution < 1.29 is 9.53 Å². The van der Waals surface area contributed by atoms with Gasteiger partial charge in [-0.15, -0.1) is 0 Å². The largest absolute Gasteiger partial charge is 0.491 e. The summed E-state index contributed by atoms with van der Waals surface area (Å²) in [5.74, 6) is 0.768. The number of ketones is 1. The first-order chi connectivity index (χ1) is 9.91. The van der Waals surface area contributed by atoms with Gasteiger partial charge in [-0.2, -0.15) is 0 Å². The first-order valence-corrected chi connectivity index (χ1v) is 7.08. The van der Waals surface area contributed by atoms with Crippen LogP contribution in [0.3, 0.4) is 0 Å². The minimum absolute atomic E-state index is 0.0511. The van der Waals surface area contributed by atoms with E-state index in [1.807, 2.05) is 52.0 Å². The average Bonchev–Trinajstić information content (AvgIpc) is 2.43. The molecule has 0 bridgehead atoms. The molecule has 2 rings (SSSR count). The van der Waals surface area contributed by atoms with E-state index in [1.165, 1.54) is 0 Å². The molecule has 0 fully saturated rings. The molecule has 3 heteroatoms. The van der Waals surface area contributed by atoms with E-state index in [0.29, 0.717) is 16.8 Å². The number of benzene rings is 2. The van der Waals surface area contributed by atoms with Gasteiger partial charge in [0.2, 0.25) is 0 Å². The molecule has 0 atom stereocenters. The lowest BCUT2D eigenvalue weighted by Gasteiger charge is -2.16. The van der Waals surface area contributed by atoms with Crippen LogP contribution in [-0.4, -0.2) is 11.9 Å². The fourth-order valence-corrected chi connectivity index (χ4v) is 2.27. The van der Waals surface area contributed by atoms with E-state index < -0.39 is 0 Å². The molecule has 0 saturated carbocycles. The predicted octanol–water partition coefficient (Wildman–Crippen LogP) is 3.90. The van der Waals surface area contributed by atoms with Crippen LogP contribution in [0.1, 0.15) is 40.9 Å². The Morgan fingerprint density at radius 3 is 2.29 bits per heavy atom. The van der Waals surface area contributed by atoms with Gasteiger partial charge >= 0.3 is 0 Å². The quantitative estimate of drug-likeness (QED) is 0.684. The molecule has 2 aromatic carbocycles. The van der Waals surface area contributed by atoms with Gasteiger partial charge in [0.15, 0.2) is 5.78 Å². The molecular formula is C18H21NO2. The molecule has 0 spiro atoms. The normalized spacial score (nSPS) is 10.7. The Morgan fingerprint density at radius 2 is 1.67 bits per heavy atom. The molecule has 2 aromatic rings. The van der Waals surface area contributed by atoms with Gasteiger partial charge in [-0.1, -0.05) is 12.1 Å². The molecule has 0 aromatic heterocycles. The van der Waals surface area contributed by atoms with Gasteiger partial charge in [-0.05, 0) is 63.1 Å². The number of rotatable bonds is 4. The van der Waals surface area contributed by atoms with Crippen LogP contribution in [-0.2, 0) is 0 Å². The van der Waals surface area contributed by atoms with Crippen molar-refractivity contribution in [2.24, 2.45) is 0 Å². The fraction of sp³-hybridized carbons (Fsp3) is 0.278. The summed E-state index contributed by atoms with van der Waals surface area (Å²) in [6.45, 7) is 7.88. The molecule has 0 saturated heterocycles. The van der Waals surface area contributed by atoms with Gasteiger partial charge in [-0.3, -0.25) is 4.79 Å². The third kappa shape index (κ3) is 3.07. The number of hydrogen-bond donors (Lipinski definition) is 1. The van der Waals surface area contributed by atoms with Crippen molar-refractivity contribution in [3.05, 3.63) is 58.7 Å². The smallest absolute Gasteiger partial charge is 0.195 e. The summed E-state index contributed by atoms with van der Waals surface area (Å²) in [4.78, 5) is 12.7. The van der Waals surface area contributed by atoms with E-state index in [2.05, 4.69) is 0 Å². The van der Waals surface area contributed by atoms with Crippen molar-refractivity contribution in [3.8, 4) is 5.75 Å². The van der Waals surface area contributed by atoms with Gasteiger partial charge in [0.25, 0.3) is 0 Å². The van der Waals surface area contributed by atoms with Crippen molar-refractivity contribution >= 4 is 11.5 Å². The lowest BCUT2D eigenvalue weighted by atomic mass is 9.95. The maximum Gasteiger partial charge on any atom is 0.195 e. The number of hydrogen-bond acceptors (Lipinski definition) is 3. The SMILES string of the molecule is Cc1c(OC(C)C)ccc(C(=O)c2ccccc2N)c1C. The van der Waals surface area contributed by atoms with Crippen LogP contribution in [0.2, 0.25) is 0 Å². The summed E-state index contributed by atoms with van der Waals surface area (Å²) in [7, 11) is 0. The number of carbonyl (C=O) groups is 1. The molecule has 0 unspecified atom stereocenters. The van der Waals surface area contributed by atoms with Gasteiger partial charge in [0.05, 0.1) is 6.10 Å². The van der Waals surface area contributed by atoms with Crippen molar-refractivity contribution in [3.63, 3.8) is 0 Å². The molecule has 0 aliphatic heterocycles. The van der Waals surface area contributed by atoms with E-state index in [4.69, 9.17) is 10.5 Å². The van der Waals surface area contributed by atoms with Crippen LogP contribution < -0.4 is 10.5 Å². The maximum atomic E-state index is 12.7. The van der Waals surface area contributed by atoms with Crippen LogP contribution in [0, 0.1) is 13.8 Å². The summed E-state index contributed by atoms with van der Waals surface area (Å²) < 4.78 is 5.75. The number of para-hydroxylation sites is 1. The Kier molecular flexibility index (Phi) is 4.32. The van der Waals surface area contributed by atoms with Crippen molar-refractivity contribution in [1.29, 1.82) is 0 Å². The summed E-state index contributed by atoms with van der Waals surface area (Å²) >= 11 is 0. The van der Waals surface area contributed by atoms with E-state index in [0.717, 1.165) is 16.9 Å². The van der Waals surface area contributed by atoms with E-state index in [1.54, 1.807) is 12.1 Å². The van der Waals surface area contributed by atoms with Gasteiger partial charge in [0, 0.05) is 16.8 Å². The molecular weight excluding hydrogens is 262 g/mol. The molecule has 21 heavy (non-hydrogen) atoms. The number of carbonyl (C=O) groups excluding carboxylic acids is 1. The Labute approximate surface area is 125 Å². The van der Waals surface area contributed by atoms with Crippen LogP contribution in [0.25, 0.3) is 0 Å². The number of ether oxygens (including phenoxy) is 1. The zero-order chi connectivity index (χ0) is 15.6. The molecule has 0 aliphatic carbocycles. The molecule has 0 aliphatic rings. The number of nitrogens with two attached hydrogens (primary N) is 1. The van der Waals surface area contributed by atoms with Gasteiger partial charge in [0.1, 0.15) is 5.75 Å².